The molecule has 4 heteroatoms. The van der Waals surface area contributed by atoms with Gasteiger partial charge >= 0.3 is 6.09 Å². The Morgan fingerprint density at radius 1 is 1.27 bits per heavy atom. The second kappa shape index (κ2) is 8.06. The molecule has 0 aliphatic rings. The Kier molecular flexibility index (Phi) is 6.72. The number of anilines is 1. The lowest BCUT2D eigenvalue weighted by atomic mass is 10.1. The summed E-state index contributed by atoms with van der Waals surface area (Å²) in [7, 11) is 1.76. The van der Waals surface area contributed by atoms with E-state index in [0.717, 1.165) is 24.2 Å². The molecule has 4 nitrogen and oxygen atoms in total. The molecular weight excluding hydrogens is 276 g/mol. The third kappa shape index (κ3) is 6.83. The van der Waals surface area contributed by atoms with E-state index in [-0.39, 0.29) is 6.09 Å². The predicted molar refractivity (Wildman–Crippen MR) is 92.1 cm³/mol. The van der Waals surface area contributed by atoms with Gasteiger partial charge < -0.3 is 15.0 Å². The number of nitrogens with zero attached hydrogens (tertiary/aromatic N) is 1. The number of amides is 1. The predicted octanol–water partition coefficient (Wildman–Crippen LogP) is 4.51. The molecule has 1 aromatic carbocycles. The minimum atomic E-state index is -0.472. The van der Waals surface area contributed by atoms with Crippen LogP contribution in [-0.4, -0.2) is 30.2 Å². The fraction of sp³-hybridized carbons (Fsp3) is 0.611. The van der Waals surface area contributed by atoms with Gasteiger partial charge in [0.25, 0.3) is 0 Å². The van der Waals surface area contributed by atoms with Crippen molar-refractivity contribution in [2.24, 2.45) is 5.92 Å². The highest BCUT2D eigenvalue weighted by Gasteiger charge is 2.20. The summed E-state index contributed by atoms with van der Waals surface area (Å²) < 4.78 is 5.39. The van der Waals surface area contributed by atoms with Crippen molar-refractivity contribution in [3.8, 4) is 0 Å². The molecule has 1 rings (SSSR count). The van der Waals surface area contributed by atoms with Crippen LogP contribution in [0.4, 0.5) is 10.5 Å². The number of ether oxygens (including phenoxy) is 1. The van der Waals surface area contributed by atoms with Crippen LogP contribution in [0, 0.1) is 5.92 Å². The summed E-state index contributed by atoms with van der Waals surface area (Å²) >= 11 is 0. The van der Waals surface area contributed by atoms with Crippen LogP contribution in [0.3, 0.4) is 0 Å². The van der Waals surface area contributed by atoms with Gasteiger partial charge in [-0.05, 0) is 44.7 Å². The quantitative estimate of drug-likeness (QED) is 0.840. The van der Waals surface area contributed by atoms with Crippen molar-refractivity contribution in [2.75, 3.05) is 18.9 Å². The third-order valence-corrected chi connectivity index (χ3v) is 3.17. The van der Waals surface area contributed by atoms with E-state index in [1.54, 1.807) is 11.9 Å². The monoisotopic (exact) mass is 306 g/mol. The molecule has 0 spiro atoms. The number of hydrogen-bond donors (Lipinski definition) is 1. The van der Waals surface area contributed by atoms with Gasteiger partial charge in [0.15, 0.2) is 0 Å². The Bertz CT molecular complexity index is 478. The Morgan fingerprint density at radius 3 is 2.50 bits per heavy atom. The Morgan fingerprint density at radius 2 is 1.91 bits per heavy atom. The van der Waals surface area contributed by atoms with Gasteiger partial charge in [-0.3, -0.25) is 0 Å². The highest BCUT2D eigenvalue weighted by molar-refractivity contribution is 5.68. The number of carbonyl (C=O) groups is 1. The molecule has 0 radical (unpaired) electrons. The van der Waals surface area contributed by atoms with E-state index < -0.39 is 5.60 Å². The molecule has 1 aromatic rings. The second-order valence-corrected chi connectivity index (χ2v) is 7.10. The zero-order valence-corrected chi connectivity index (χ0v) is 14.8. The number of rotatable bonds is 6. The largest absolute Gasteiger partial charge is 0.444 e. The van der Waals surface area contributed by atoms with Gasteiger partial charge in [-0.1, -0.05) is 32.0 Å². The van der Waals surface area contributed by atoms with E-state index in [9.17, 15) is 4.79 Å². The summed E-state index contributed by atoms with van der Waals surface area (Å²) in [6, 6.07) is 8.09. The SMILES string of the molecule is CC(C)CCNc1ccccc1CN(C)C(=O)OC(C)(C)C. The molecule has 0 aromatic heterocycles. The van der Waals surface area contributed by atoms with Gasteiger partial charge in [-0.15, -0.1) is 0 Å². The Balaban J connectivity index is 2.66. The molecule has 124 valence electrons. The second-order valence-electron chi connectivity index (χ2n) is 7.10. The van der Waals surface area contributed by atoms with Crippen molar-refractivity contribution in [3.05, 3.63) is 29.8 Å². The number of hydrogen-bond acceptors (Lipinski definition) is 3. The highest BCUT2D eigenvalue weighted by atomic mass is 16.6. The smallest absolute Gasteiger partial charge is 0.410 e. The van der Waals surface area contributed by atoms with Crippen molar-refractivity contribution in [2.45, 2.75) is 53.2 Å². The first kappa shape index (κ1) is 18.3. The minimum Gasteiger partial charge on any atom is -0.444 e. The van der Waals surface area contributed by atoms with E-state index in [1.165, 1.54) is 0 Å². The Hall–Kier alpha value is -1.71. The van der Waals surface area contributed by atoms with Crippen LogP contribution in [0.1, 0.15) is 46.6 Å². The van der Waals surface area contributed by atoms with Crippen molar-refractivity contribution in [1.29, 1.82) is 0 Å². The van der Waals surface area contributed by atoms with Crippen LogP contribution in [0.5, 0.6) is 0 Å². The molecule has 0 heterocycles. The van der Waals surface area contributed by atoms with Crippen molar-refractivity contribution in [1.82, 2.24) is 4.90 Å². The standard InChI is InChI=1S/C18H30N2O2/c1-14(2)11-12-19-16-10-8-7-9-15(16)13-20(6)17(21)22-18(3,4)5/h7-10,14,19H,11-13H2,1-6H3. The maximum atomic E-state index is 12.1. The van der Waals surface area contributed by atoms with Crippen LogP contribution >= 0.6 is 0 Å². The number of para-hydroxylation sites is 1. The Labute approximate surface area is 134 Å². The first-order valence-electron chi connectivity index (χ1n) is 7.95. The van der Waals surface area contributed by atoms with E-state index in [2.05, 4.69) is 25.2 Å². The van der Waals surface area contributed by atoms with Crippen LogP contribution in [0.15, 0.2) is 24.3 Å². The molecule has 0 saturated heterocycles. The summed E-state index contributed by atoms with van der Waals surface area (Å²) in [5.74, 6) is 0.670. The zero-order valence-electron chi connectivity index (χ0n) is 14.8. The summed E-state index contributed by atoms with van der Waals surface area (Å²) in [4.78, 5) is 13.7. The molecule has 0 bridgehead atoms. The minimum absolute atomic E-state index is 0.301. The molecule has 0 aliphatic heterocycles. The lowest BCUT2D eigenvalue weighted by Gasteiger charge is -2.25. The molecule has 1 N–H and O–H groups in total. The van der Waals surface area contributed by atoms with Gasteiger partial charge in [0, 0.05) is 19.3 Å². The van der Waals surface area contributed by atoms with Gasteiger partial charge in [0.2, 0.25) is 0 Å². The van der Waals surface area contributed by atoms with E-state index in [1.807, 2.05) is 39.0 Å². The topological polar surface area (TPSA) is 41.6 Å². The van der Waals surface area contributed by atoms with Crippen molar-refractivity contribution >= 4 is 11.8 Å². The first-order valence-corrected chi connectivity index (χ1v) is 7.95. The lowest BCUT2D eigenvalue weighted by molar-refractivity contribution is 0.0285. The fourth-order valence-corrected chi connectivity index (χ4v) is 1.99. The van der Waals surface area contributed by atoms with Crippen LogP contribution in [0.25, 0.3) is 0 Å². The van der Waals surface area contributed by atoms with Crippen LogP contribution in [-0.2, 0) is 11.3 Å². The highest BCUT2D eigenvalue weighted by Crippen LogP contribution is 2.18. The first-order chi connectivity index (χ1) is 10.2. The molecule has 0 atom stereocenters. The summed E-state index contributed by atoms with van der Waals surface area (Å²) in [5.41, 5.74) is 1.71. The molecule has 0 aliphatic carbocycles. The number of nitrogens with one attached hydrogen (secondary N) is 1. The summed E-state index contributed by atoms with van der Waals surface area (Å²) in [6.07, 6.45) is 0.820. The molecule has 0 unspecified atom stereocenters. The number of benzene rings is 1. The van der Waals surface area contributed by atoms with Crippen molar-refractivity contribution in [3.63, 3.8) is 0 Å². The van der Waals surface area contributed by atoms with E-state index in [4.69, 9.17) is 4.74 Å². The molecular formula is C18H30N2O2. The molecule has 0 saturated carbocycles. The third-order valence-electron chi connectivity index (χ3n) is 3.17. The van der Waals surface area contributed by atoms with E-state index >= 15 is 0 Å². The lowest BCUT2D eigenvalue weighted by Crippen LogP contribution is -2.34. The average molecular weight is 306 g/mol. The summed E-state index contributed by atoms with van der Waals surface area (Å²) in [5, 5.41) is 3.46. The fourth-order valence-electron chi connectivity index (χ4n) is 1.99. The summed E-state index contributed by atoms with van der Waals surface area (Å²) in [6.45, 7) is 11.5. The number of carbonyl (C=O) groups excluding carboxylic acids is 1. The maximum absolute atomic E-state index is 12.1. The zero-order chi connectivity index (χ0) is 16.8. The van der Waals surface area contributed by atoms with Gasteiger partial charge in [0.1, 0.15) is 5.60 Å². The van der Waals surface area contributed by atoms with E-state index in [0.29, 0.717) is 12.5 Å². The molecule has 22 heavy (non-hydrogen) atoms. The normalized spacial score (nSPS) is 11.4. The molecule has 0 fully saturated rings. The van der Waals surface area contributed by atoms with Gasteiger partial charge in [-0.2, -0.15) is 0 Å². The van der Waals surface area contributed by atoms with Crippen LogP contribution in [0.2, 0.25) is 0 Å². The van der Waals surface area contributed by atoms with Crippen molar-refractivity contribution < 1.29 is 9.53 Å². The van der Waals surface area contributed by atoms with Gasteiger partial charge in [0.05, 0.1) is 6.54 Å². The van der Waals surface area contributed by atoms with Crippen LogP contribution < -0.4 is 5.32 Å². The molecule has 1 amide bonds. The van der Waals surface area contributed by atoms with Gasteiger partial charge in [-0.25, -0.2) is 4.79 Å². The maximum Gasteiger partial charge on any atom is 0.410 e. The average Bonchev–Trinajstić information content (AvgIpc) is 2.38.